The maximum atomic E-state index is 13.9. The minimum Gasteiger partial charge on any atom is -0.497 e. The lowest BCUT2D eigenvalue weighted by Crippen LogP contribution is -2.60. The Morgan fingerprint density at radius 2 is 1.49 bits per heavy atom. The zero-order valence-electron chi connectivity index (χ0n) is 21.8. The number of nitrogens with two attached hydrogens (primary N) is 1. The average Bonchev–Trinajstić information content (AvgIpc) is 3.21. The van der Waals surface area contributed by atoms with Crippen molar-refractivity contribution in [1.82, 2.24) is 9.91 Å². The fourth-order valence-corrected chi connectivity index (χ4v) is 4.48. The molecule has 4 amide bonds. The van der Waals surface area contributed by atoms with Gasteiger partial charge in [0.1, 0.15) is 11.5 Å². The molecular weight excluding hydrogens is 502 g/mol. The van der Waals surface area contributed by atoms with Gasteiger partial charge >= 0.3 is 6.09 Å². The molecule has 1 heterocycles. The highest BCUT2D eigenvalue weighted by atomic mass is 16.6. The third-order valence-corrected chi connectivity index (χ3v) is 6.59. The van der Waals surface area contributed by atoms with Crippen molar-refractivity contribution in [3.63, 3.8) is 0 Å². The SMILES string of the molecule is COc1cc(CC(=O)N(N)C(=O)[C@@]2(Cc3ccccc3)OC(=O)N([C@H](C)c3ccccc3)C2=O)cc(OC)c1. The van der Waals surface area contributed by atoms with E-state index in [9.17, 15) is 19.2 Å². The van der Waals surface area contributed by atoms with E-state index in [0.717, 1.165) is 4.90 Å². The van der Waals surface area contributed by atoms with E-state index in [1.54, 1.807) is 85.8 Å². The van der Waals surface area contributed by atoms with Gasteiger partial charge in [0.15, 0.2) is 0 Å². The van der Waals surface area contributed by atoms with Crippen LogP contribution in [0.2, 0.25) is 0 Å². The molecule has 0 radical (unpaired) electrons. The van der Waals surface area contributed by atoms with E-state index < -0.39 is 35.5 Å². The monoisotopic (exact) mass is 531 g/mol. The molecule has 0 saturated carbocycles. The predicted octanol–water partition coefficient (Wildman–Crippen LogP) is 3.20. The van der Waals surface area contributed by atoms with Crippen LogP contribution in [0, 0.1) is 0 Å². The highest BCUT2D eigenvalue weighted by Crippen LogP contribution is 2.36. The quantitative estimate of drug-likeness (QED) is 0.193. The van der Waals surface area contributed by atoms with Crippen molar-refractivity contribution in [2.24, 2.45) is 5.84 Å². The summed E-state index contributed by atoms with van der Waals surface area (Å²) in [7, 11) is 2.93. The zero-order valence-corrected chi connectivity index (χ0v) is 21.8. The molecule has 2 N–H and O–H groups in total. The summed E-state index contributed by atoms with van der Waals surface area (Å²) in [5.41, 5.74) is -0.693. The number of carbonyl (C=O) groups excluding carboxylic acids is 4. The van der Waals surface area contributed by atoms with Crippen LogP contribution >= 0.6 is 0 Å². The minimum absolute atomic E-state index is 0.302. The largest absolute Gasteiger partial charge is 0.497 e. The highest BCUT2D eigenvalue weighted by molar-refractivity contribution is 6.19. The Kier molecular flexibility index (Phi) is 7.96. The normalized spacial score (nSPS) is 17.4. The van der Waals surface area contributed by atoms with Gasteiger partial charge in [-0.15, -0.1) is 0 Å². The number of carbonyl (C=O) groups is 4. The Bertz CT molecular complexity index is 1360. The summed E-state index contributed by atoms with van der Waals surface area (Å²) in [5, 5.41) is 0.344. The van der Waals surface area contributed by atoms with Crippen molar-refractivity contribution in [1.29, 1.82) is 0 Å². The first-order valence-electron chi connectivity index (χ1n) is 12.2. The number of rotatable bonds is 9. The van der Waals surface area contributed by atoms with Gasteiger partial charge in [0.25, 0.3) is 17.4 Å². The second-order valence-corrected chi connectivity index (χ2v) is 9.09. The number of nitrogens with zero attached hydrogens (tertiary/aromatic N) is 2. The summed E-state index contributed by atoms with van der Waals surface area (Å²) in [6.45, 7) is 1.65. The van der Waals surface area contributed by atoms with E-state index in [1.165, 1.54) is 14.2 Å². The lowest BCUT2D eigenvalue weighted by Gasteiger charge is -2.28. The molecule has 39 heavy (non-hydrogen) atoms. The van der Waals surface area contributed by atoms with Crippen LogP contribution in [0.4, 0.5) is 4.79 Å². The molecule has 1 saturated heterocycles. The first kappa shape index (κ1) is 27.3. The molecular formula is C29H29N3O7. The molecule has 0 aromatic heterocycles. The van der Waals surface area contributed by atoms with Crippen molar-refractivity contribution < 1.29 is 33.4 Å². The molecule has 1 fully saturated rings. The van der Waals surface area contributed by atoms with Crippen LogP contribution in [0.5, 0.6) is 11.5 Å². The zero-order chi connectivity index (χ0) is 28.2. The van der Waals surface area contributed by atoms with Gasteiger partial charge in [-0.3, -0.25) is 14.4 Å². The Morgan fingerprint density at radius 1 is 0.923 bits per heavy atom. The van der Waals surface area contributed by atoms with E-state index in [4.69, 9.17) is 20.1 Å². The van der Waals surface area contributed by atoms with E-state index in [-0.39, 0.29) is 12.8 Å². The number of benzene rings is 3. The lowest BCUT2D eigenvalue weighted by atomic mass is 9.91. The van der Waals surface area contributed by atoms with Gasteiger partial charge in [-0.25, -0.2) is 20.5 Å². The number of imide groups is 2. The van der Waals surface area contributed by atoms with Crippen molar-refractivity contribution >= 4 is 23.8 Å². The second kappa shape index (κ2) is 11.4. The van der Waals surface area contributed by atoms with Crippen molar-refractivity contribution in [3.8, 4) is 11.5 Å². The molecule has 0 bridgehead atoms. The van der Waals surface area contributed by atoms with Crippen LogP contribution in [-0.4, -0.2) is 53.5 Å². The Labute approximate surface area is 225 Å². The van der Waals surface area contributed by atoms with E-state index >= 15 is 0 Å². The fraction of sp³-hybridized carbons (Fsp3) is 0.241. The van der Waals surface area contributed by atoms with Crippen molar-refractivity contribution in [3.05, 3.63) is 95.6 Å². The standard InChI is InChI=1S/C29H29N3O7/c1-19(22-12-8-5-9-13-22)31-26(34)29(39-28(31)36,18-20-10-6-4-7-11-20)27(35)32(30)25(33)16-21-14-23(37-2)17-24(15-21)38-3/h4-15,17,19H,16,18,30H2,1-3H3/t19-,29+/m1/s1. The second-order valence-electron chi connectivity index (χ2n) is 9.09. The van der Waals surface area contributed by atoms with Gasteiger partial charge in [-0.2, -0.15) is 0 Å². The molecule has 1 aliphatic rings. The maximum absolute atomic E-state index is 13.9. The number of hydrogen-bond acceptors (Lipinski definition) is 8. The molecule has 0 unspecified atom stereocenters. The third-order valence-electron chi connectivity index (χ3n) is 6.59. The number of cyclic esters (lactones) is 1. The van der Waals surface area contributed by atoms with Crippen LogP contribution in [-0.2, 0) is 32.0 Å². The number of hydrogen-bond donors (Lipinski definition) is 1. The van der Waals surface area contributed by atoms with E-state index in [1.807, 2.05) is 0 Å². The van der Waals surface area contributed by atoms with Gasteiger partial charge in [0, 0.05) is 12.5 Å². The fourth-order valence-electron chi connectivity index (χ4n) is 4.48. The highest BCUT2D eigenvalue weighted by Gasteiger charge is 2.62. The predicted molar refractivity (Wildman–Crippen MR) is 140 cm³/mol. The summed E-state index contributed by atoms with van der Waals surface area (Å²) in [6, 6.07) is 21.5. The lowest BCUT2D eigenvalue weighted by molar-refractivity contribution is -0.161. The van der Waals surface area contributed by atoms with Gasteiger partial charge < -0.3 is 14.2 Å². The molecule has 10 heteroatoms. The first-order valence-corrected chi connectivity index (χ1v) is 12.2. The van der Waals surface area contributed by atoms with Crippen LogP contribution in [0.25, 0.3) is 0 Å². The van der Waals surface area contributed by atoms with E-state index in [0.29, 0.717) is 33.2 Å². The van der Waals surface area contributed by atoms with Crippen LogP contribution in [0.15, 0.2) is 78.9 Å². The molecule has 0 spiro atoms. The van der Waals surface area contributed by atoms with Crippen molar-refractivity contribution in [2.75, 3.05) is 14.2 Å². The first-order chi connectivity index (χ1) is 18.7. The van der Waals surface area contributed by atoms with Crippen LogP contribution in [0.3, 0.4) is 0 Å². The minimum atomic E-state index is -2.36. The Hall–Kier alpha value is -4.70. The molecule has 3 aromatic rings. The smallest absolute Gasteiger partial charge is 0.418 e. The van der Waals surface area contributed by atoms with Crippen molar-refractivity contribution in [2.45, 2.75) is 31.4 Å². The molecule has 1 aliphatic heterocycles. The summed E-state index contributed by atoms with van der Waals surface area (Å²) in [5.74, 6) is 4.04. The van der Waals surface area contributed by atoms with Crippen LogP contribution in [0.1, 0.15) is 29.7 Å². The molecule has 202 valence electrons. The van der Waals surface area contributed by atoms with Gasteiger partial charge in [-0.1, -0.05) is 60.7 Å². The Morgan fingerprint density at radius 3 is 2.05 bits per heavy atom. The van der Waals surface area contributed by atoms with Gasteiger partial charge in [0.05, 0.1) is 26.7 Å². The molecule has 3 aromatic carbocycles. The molecule has 2 atom stereocenters. The van der Waals surface area contributed by atoms with Gasteiger partial charge in [0.2, 0.25) is 5.91 Å². The summed E-state index contributed by atoms with van der Waals surface area (Å²) >= 11 is 0. The average molecular weight is 532 g/mol. The molecule has 0 aliphatic carbocycles. The summed E-state index contributed by atoms with van der Waals surface area (Å²) in [6.07, 6.45) is -1.61. The molecule has 4 rings (SSSR count). The number of amides is 4. The summed E-state index contributed by atoms with van der Waals surface area (Å²) in [4.78, 5) is 54.8. The summed E-state index contributed by atoms with van der Waals surface area (Å²) < 4.78 is 16.0. The van der Waals surface area contributed by atoms with Gasteiger partial charge in [-0.05, 0) is 35.7 Å². The number of hydrazine groups is 1. The number of ether oxygens (including phenoxy) is 3. The topological polar surface area (TPSA) is 128 Å². The molecule has 10 nitrogen and oxygen atoms in total. The van der Waals surface area contributed by atoms with E-state index in [2.05, 4.69) is 0 Å². The third kappa shape index (κ3) is 5.46. The maximum Gasteiger partial charge on any atom is 0.418 e. The number of methoxy groups -OCH3 is 2. The van der Waals surface area contributed by atoms with Crippen LogP contribution < -0.4 is 15.3 Å². The Balaban J connectivity index is 1.67.